The predicted octanol–water partition coefficient (Wildman–Crippen LogP) is 6.85. The first-order chi connectivity index (χ1) is 20.6. The van der Waals surface area contributed by atoms with Crippen molar-refractivity contribution < 1.29 is 26.2 Å². The van der Waals surface area contributed by atoms with Gasteiger partial charge >= 0.3 is 0 Å². The molecule has 0 saturated carbocycles. The number of aromatic nitrogens is 3. The molecular weight excluding hydrogens is 717 g/mol. The minimum atomic E-state index is -0.271. The summed E-state index contributed by atoms with van der Waals surface area (Å²) in [6.07, 6.45) is 1.74. The van der Waals surface area contributed by atoms with Gasteiger partial charge in [0.2, 0.25) is 0 Å². The molecule has 0 bridgehead atoms. The van der Waals surface area contributed by atoms with Crippen LogP contribution >= 0.6 is 0 Å². The van der Waals surface area contributed by atoms with E-state index in [2.05, 4.69) is 11.1 Å². The number of rotatable bonds is 3. The standard InChI is InChI=1S/C36H20N3O3.Pt/c40-31-20-25-34-33(36(42)24-12-2-4-17-30(24)39(34)29-16-3-1-11-23(29)35(25)41)32(31)28-15-8-14-27(38-28)22-10-7-9-21(19-22)26-13-5-6-18-37-26;/h1-18,20,40H;/q-1;. The van der Waals surface area contributed by atoms with E-state index >= 15 is 0 Å². The van der Waals surface area contributed by atoms with E-state index in [1.165, 1.54) is 6.07 Å². The van der Waals surface area contributed by atoms with Crippen molar-refractivity contribution in [1.82, 2.24) is 14.4 Å². The quantitative estimate of drug-likeness (QED) is 0.122. The van der Waals surface area contributed by atoms with Gasteiger partial charge < -0.3 is 9.51 Å². The Labute approximate surface area is 259 Å². The smallest absolute Gasteiger partial charge is 0.198 e. The first-order valence-corrected chi connectivity index (χ1v) is 13.5. The van der Waals surface area contributed by atoms with Crippen molar-refractivity contribution in [3.63, 3.8) is 0 Å². The Hall–Kier alpha value is -5.19. The Kier molecular flexibility index (Phi) is 6.37. The molecule has 4 heterocycles. The van der Waals surface area contributed by atoms with Gasteiger partial charge in [-0.1, -0.05) is 59.7 Å². The first-order valence-electron chi connectivity index (χ1n) is 13.5. The number of hydrogen-bond acceptors (Lipinski definition) is 5. The molecule has 43 heavy (non-hydrogen) atoms. The van der Waals surface area contributed by atoms with Gasteiger partial charge in [0.25, 0.3) is 0 Å². The molecule has 0 aliphatic rings. The number of benzene rings is 4. The molecule has 0 radical (unpaired) electrons. The fourth-order valence-corrected chi connectivity index (χ4v) is 5.93. The third-order valence-electron chi connectivity index (χ3n) is 7.77. The number of pyridine rings is 4. The van der Waals surface area contributed by atoms with Crippen LogP contribution in [0.5, 0.6) is 5.75 Å². The molecule has 0 unspecified atom stereocenters. The summed E-state index contributed by atoms with van der Waals surface area (Å²) in [6.45, 7) is 0. The Morgan fingerprint density at radius 2 is 1.23 bits per heavy atom. The Balaban J connectivity index is 0.00000300. The first kappa shape index (κ1) is 26.7. The number of fused-ring (bicyclic) bond motifs is 4. The van der Waals surface area contributed by atoms with Crippen LogP contribution in [0.25, 0.3) is 71.9 Å². The van der Waals surface area contributed by atoms with Crippen LogP contribution in [-0.2, 0) is 21.1 Å². The van der Waals surface area contributed by atoms with Crippen LogP contribution < -0.4 is 10.9 Å². The van der Waals surface area contributed by atoms with Crippen molar-refractivity contribution in [2.45, 2.75) is 0 Å². The fourth-order valence-electron chi connectivity index (χ4n) is 5.93. The zero-order valence-corrected chi connectivity index (χ0v) is 24.7. The van der Waals surface area contributed by atoms with Gasteiger partial charge in [0, 0.05) is 49.4 Å². The molecule has 0 atom stereocenters. The van der Waals surface area contributed by atoms with Gasteiger partial charge in [-0.15, -0.1) is 24.3 Å². The predicted molar refractivity (Wildman–Crippen MR) is 166 cm³/mol. The van der Waals surface area contributed by atoms with Gasteiger partial charge in [0.1, 0.15) is 5.75 Å². The maximum absolute atomic E-state index is 14.2. The number of aromatic hydroxyl groups is 1. The molecule has 6 nitrogen and oxygen atoms in total. The number of para-hydroxylation sites is 2. The van der Waals surface area contributed by atoms with Gasteiger partial charge in [-0.05, 0) is 42.5 Å². The maximum atomic E-state index is 14.2. The summed E-state index contributed by atoms with van der Waals surface area (Å²) in [5, 5.41) is 13.0. The van der Waals surface area contributed by atoms with Crippen LogP contribution in [0.3, 0.4) is 0 Å². The average Bonchev–Trinajstić information content (AvgIpc) is 3.05. The van der Waals surface area contributed by atoms with E-state index in [9.17, 15) is 14.7 Å². The van der Waals surface area contributed by atoms with Crippen molar-refractivity contribution in [2.75, 3.05) is 0 Å². The monoisotopic (exact) mass is 737 g/mol. The van der Waals surface area contributed by atoms with E-state index in [0.717, 1.165) is 16.8 Å². The Morgan fingerprint density at radius 3 is 1.95 bits per heavy atom. The molecule has 0 amide bonds. The number of phenolic OH excluding ortho intramolecular Hbond substituents is 1. The Morgan fingerprint density at radius 1 is 0.628 bits per heavy atom. The summed E-state index contributed by atoms with van der Waals surface area (Å²) >= 11 is 0. The molecule has 0 aliphatic heterocycles. The molecule has 0 aliphatic carbocycles. The number of nitrogens with zero attached hydrogens (tertiary/aromatic N) is 3. The van der Waals surface area contributed by atoms with E-state index in [4.69, 9.17) is 4.98 Å². The summed E-state index contributed by atoms with van der Waals surface area (Å²) in [7, 11) is 0. The van der Waals surface area contributed by atoms with Crippen molar-refractivity contribution in [3.8, 4) is 39.5 Å². The summed E-state index contributed by atoms with van der Waals surface area (Å²) < 4.78 is 1.95. The molecule has 4 aromatic carbocycles. The summed E-state index contributed by atoms with van der Waals surface area (Å²) in [5.74, 6) is -0.181. The molecule has 0 fully saturated rings. The fraction of sp³-hybridized carbons (Fsp3) is 0. The molecule has 8 rings (SSSR count). The van der Waals surface area contributed by atoms with Gasteiger partial charge in [-0.25, -0.2) is 0 Å². The second kappa shape index (κ2) is 10.3. The molecule has 208 valence electrons. The maximum Gasteiger partial charge on any atom is 0.198 e. The second-order valence-electron chi connectivity index (χ2n) is 10.2. The normalized spacial score (nSPS) is 11.3. The van der Waals surface area contributed by atoms with Crippen LogP contribution in [0.4, 0.5) is 0 Å². The van der Waals surface area contributed by atoms with Gasteiger partial charge in [0.15, 0.2) is 10.9 Å². The van der Waals surface area contributed by atoms with E-state index in [0.29, 0.717) is 38.7 Å². The van der Waals surface area contributed by atoms with Crippen molar-refractivity contribution in [2.24, 2.45) is 0 Å². The van der Waals surface area contributed by atoms with Gasteiger partial charge in [0.05, 0.1) is 38.6 Å². The topological polar surface area (TPSA) is 84.6 Å². The third kappa shape index (κ3) is 4.06. The summed E-state index contributed by atoms with van der Waals surface area (Å²) in [5.41, 5.74) is 5.02. The molecule has 8 aromatic rings. The Bertz CT molecular complexity index is 2460. The van der Waals surface area contributed by atoms with E-state index in [1.807, 2.05) is 89.3 Å². The zero-order valence-electron chi connectivity index (χ0n) is 22.4. The zero-order chi connectivity index (χ0) is 28.4. The summed E-state index contributed by atoms with van der Waals surface area (Å²) in [6, 6.07) is 36.5. The number of phenols is 1. The molecule has 7 heteroatoms. The molecule has 0 saturated heterocycles. The minimum Gasteiger partial charge on any atom is -0.507 e. The van der Waals surface area contributed by atoms with Gasteiger partial charge in [-0.3, -0.25) is 19.6 Å². The van der Waals surface area contributed by atoms with Crippen LogP contribution in [-0.4, -0.2) is 19.5 Å². The summed E-state index contributed by atoms with van der Waals surface area (Å²) in [4.78, 5) is 37.2. The van der Waals surface area contributed by atoms with Gasteiger partial charge in [-0.2, -0.15) is 0 Å². The van der Waals surface area contributed by atoms with Crippen LogP contribution in [0.1, 0.15) is 0 Å². The average molecular weight is 738 g/mol. The largest absolute Gasteiger partial charge is 0.507 e. The van der Waals surface area contributed by atoms with Crippen LogP contribution in [0, 0.1) is 6.07 Å². The van der Waals surface area contributed by atoms with Crippen molar-refractivity contribution in [1.29, 1.82) is 0 Å². The molecule has 4 aromatic heterocycles. The minimum absolute atomic E-state index is 0. The van der Waals surface area contributed by atoms with Crippen molar-refractivity contribution in [3.05, 3.63) is 142 Å². The van der Waals surface area contributed by atoms with Crippen LogP contribution in [0.15, 0.2) is 125 Å². The van der Waals surface area contributed by atoms with E-state index in [1.54, 1.807) is 24.4 Å². The van der Waals surface area contributed by atoms with E-state index in [-0.39, 0.29) is 54.0 Å². The molecule has 0 spiro atoms. The molecule has 1 N–H and O–H groups in total. The second-order valence-corrected chi connectivity index (χ2v) is 10.2. The third-order valence-corrected chi connectivity index (χ3v) is 7.77. The van der Waals surface area contributed by atoms with Crippen LogP contribution in [0.2, 0.25) is 0 Å². The molecular formula is C36H20N3O3Pt-. The van der Waals surface area contributed by atoms with E-state index < -0.39 is 0 Å². The SMILES string of the molecule is O=c1c2ccccc2n2c3ccccc3c(=O)c3c(-c4cccc(-c5[c-]c(-c6ccccn6)ccc5)n4)c(O)cc1c32.[Pt]. The van der Waals surface area contributed by atoms with Crippen molar-refractivity contribution >= 4 is 38.1 Å². The number of hydrogen-bond donors (Lipinski definition) is 1.